The Hall–Kier alpha value is -0.570. The second-order valence-electron chi connectivity index (χ2n) is 7.24. The number of rotatable bonds is 3. The highest BCUT2D eigenvalue weighted by Gasteiger charge is 2.45. The van der Waals surface area contributed by atoms with Crippen LogP contribution in [0.25, 0.3) is 0 Å². The van der Waals surface area contributed by atoms with Gasteiger partial charge in [0.05, 0.1) is 5.92 Å². The van der Waals surface area contributed by atoms with Gasteiger partial charge in [0, 0.05) is 12.1 Å². The largest absolute Gasteiger partial charge is 0.481 e. The molecule has 0 bridgehead atoms. The number of fused-ring (bicyclic) bond motifs is 1. The van der Waals surface area contributed by atoms with E-state index < -0.39 is 5.97 Å². The van der Waals surface area contributed by atoms with Crippen molar-refractivity contribution in [3.05, 3.63) is 0 Å². The van der Waals surface area contributed by atoms with Crippen molar-refractivity contribution in [1.82, 2.24) is 4.90 Å². The van der Waals surface area contributed by atoms with E-state index in [2.05, 4.69) is 11.8 Å². The van der Waals surface area contributed by atoms with Crippen molar-refractivity contribution in [3.8, 4) is 0 Å². The van der Waals surface area contributed by atoms with Gasteiger partial charge in [0.15, 0.2) is 0 Å². The van der Waals surface area contributed by atoms with Gasteiger partial charge in [-0.2, -0.15) is 0 Å². The van der Waals surface area contributed by atoms with Crippen LogP contribution < -0.4 is 0 Å². The number of carbonyl (C=O) groups is 1. The number of hydrogen-bond donors (Lipinski definition) is 1. The molecule has 0 spiro atoms. The van der Waals surface area contributed by atoms with Gasteiger partial charge < -0.3 is 5.11 Å². The minimum atomic E-state index is -0.552. The van der Waals surface area contributed by atoms with Crippen LogP contribution in [0.15, 0.2) is 0 Å². The highest BCUT2D eigenvalue weighted by atomic mass is 16.4. The molecule has 3 aliphatic rings. The Morgan fingerprint density at radius 1 is 1.10 bits per heavy atom. The molecule has 114 valence electrons. The second-order valence-corrected chi connectivity index (χ2v) is 7.24. The van der Waals surface area contributed by atoms with Crippen LogP contribution in [0.4, 0.5) is 0 Å². The fourth-order valence-electron chi connectivity index (χ4n) is 5.11. The van der Waals surface area contributed by atoms with Crippen molar-refractivity contribution in [1.29, 1.82) is 0 Å². The lowest BCUT2D eigenvalue weighted by Gasteiger charge is -2.43. The minimum absolute atomic E-state index is 0.113. The van der Waals surface area contributed by atoms with Gasteiger partial charge in [-0.15, -0.1) is 0 Å². The monoisotopic (exact) mass is 279 g/mol. The summed E-state index contributed by atoms with van der Waals surface area (Å²) in [5.41, 5.74) is 0. The average molecular weight is 279 g/mol. The van der Waals surface area contributed by atoms with Crippen LogP contribution in [0.2, 0.25) is 0 Å². The number of hydrogen-bond acceptors (Lipinski definition) is 2. The SMILES string of the molecule is CCC1CCC(C(=O)O)C(N2CCC3CCCCC32)C1. The summed E-state index contributed by atoms with van der Waals surface area (Å²) < 4.78 is 0. The number of aliphatic carboxylic acids is 1. The zero-order chi connectivity index (χ0) is 14.1. The van der Waals surface area contributed by atoms with Crippen LogP contribution in [0.1, 0.15) is 64.7 Å². The first-order chi connectivity index (χ1) is 9.70. The summed E-state index contributed by atoms with van der Waals surface area (Å²) in [6, 6.07) is 1.02. The molecule has 0 aromatic heterocycles. The number of likely N-dealkylation sites (tertiary alicyclic amines) is 1. The van der Waals surface area contributed by atoms with E-state index in [1.807, 2.05) is 0 Å². The van der Waals surface area contributed by atoms with Crippen LogP contribution >= 0.6 is 0 Å². The summed E-state index contributed by atoms with van der Waals surface area (Å²) >= 11 is 0. The molecule has 3 rings (SSSR count). The first-order valence-electron chi connectivity index (χ1n) is 8.69. The van der Waals surface area contributed by atoms with Crippen LogP contribution in [0.5, 0.6) is 0 Å². The van der Waals surface area contributed by atoms with Crippen molar-refractivity contribution in [3.63, 3.8) is 0 Å². The van der Waals surface area contributed by atoms with Gasteiger partial charge in [-0.3, -0.25) is 9.69 Å². The van der Waals surface area contributed by atoms with Crippen molar-refractivity contribution in [2.24, 2.45) is 17.8 Å². The molecule has 1 heterocycles. The molecule has 1 N–H and O–H groups in total. The molecule has 0 radical (unpaired) electrons. The lowest BCUT2D eigenvalue weighted by atomic mass is 9.75. The summed E-state index contributed by atoms with van der Waals surface area (Å²) in [5.74, 6) is 0.945. The van der Waals surface area contributed by atoms with E-state index in [0.29, 0.717) is 12.1 Å². The van der Waals surface area contributed by atoms with Crippen LogP contribution in [0.3, 0.4) is 0 Å². The topological polar surface area (TPSA) is 40.5 Å². The maximum absolute atomic E-state index is 11.6. The summed E-state index contributed by atoms with van der Waals surface area (Å²) in [6.45, 7) is 3.41. The molecule has 5 atom stereocenters. The highest BCUT2D eigenvalue weighted by Crippen LogP contribution is 2.42. The molecule has 0 amide bonds. The predicted octanol–water partition coefficient (Wildman–Crippen LogP) is 3.53. The van der Waals surface area contributed by atoms with Gasteiger partial charge in [-0.1, -0.05) is 26.2 Å². The molecule has 0 aromatic carbocycles. The van der Waals surface area contributed by atoms with Crippen LogP contribution in [-0.4, -0.2) is 34.6 Å². The minimum Gasteiger partial charge on any atom is -0.481 e. The molecule has 1 aliphatic heterocycles. The van der Waals surface area contributed by atoms with Gasteiger partial charge in [-0.05, 0) is 56.9 Å². The Morgan fingerprint density at radius 2 is 1.90 bits per heavy atom. The maximum Gasteiger partial charge on any atom is 0.308 e. The third kappa shape index (κ3) is 2.61. The molecular weight excluding hydrogens is 250 g/mol. The molecule has 3 fully saturated rings. The van der Waals surface area contributed by atoms with Gasteiger partial charge in [0.1, 0.15) is 0 Å². The highest BCUT2D eigenvalue weighted by molar-refractivity contribution is 5.71. The lowest BCUT2D eigenvalue weighted by molar-refractivity contribution is -0.146. The molecule has 3 nitrogen and oxygen atoms in total. The maximum atomic E-state index is 11.6. The average Bonchev–Trinajstić information content (AvgIpc) is 2.90. The normalized spacial score (nSPS) is 42.4. The molecule has 3 heteroatoms. The number of nitrogens with zero attached hydrogens (tertiary/aromatic N) is 1. The van der Waals surface area contributed by atoms with E-state index in [1.54, 1.807) is 0 Å². The third-order valence-electron chi connectivity index (χ3n) is 6.30. The molecule has 1 saturated heterocycles. The standard InChI is InChI=1S/C17H29NO2/c1-2-12-7-8-14(17(19)20)16(11-12)18-10-9-13-5-3-4-6-15(13)18/h12-16H,2-11H2,1H3,(H,19,20). The molecule has 20 heavy (non-hydrogen) atoms. The second kappa shape index (κ2) is 6.05. The number of carboxylic acid groups (broad SMARTS) is 1. The van der Waals surface area contributed by atoms with Crippen LogP contribution in [0, 0.1) is 17.8 Å². The quantitative estimate of drug-likeness (QED) is 0.859. The lowest BCUT2D eigenvalue weighted by Crippen LogP contribution is -2.50. The van der Waals surface area contributed by atoms with Crippen molar-refractivity contribution < 1.29 is 9.90 Å². The smallest absolute Gasteiger partial charge is 0.308 e. The number of carboxylic acids is 1. The van der Waals surface area contributed by atoms with Crippen molar-refractivity contribution >= 4 is 5.97 Å². The van der Waals surface area contributed by atoms with Gasteiger partial charge >= 0.3 is 5.97 Å². The Balaban J connectivity index is 1.75. The molecule has 2 saturated carbocycles. The molecule has 0 aromatic rings. The zero-order valence-corrected chi connectivity index (χ0v) is 12.8. The summed E-state index contributed by atoms with van der Waals surface area (Å²) in [5, 5.41) is 9.60. The third-order valence-corrected chi connectivity index (χ3v) is 6.30. The molecule has 2 aliphatic carbocycles. The Kier molecular flexibility index (Phi) is 4.34. The van der Waals surface area contributed by atoms with Crippen molar-refractivity contribution in [2.75, 3.05) is 6.54 Å². The summed E-state index contributed by atoms with van der Waals surface area (Å²) in [6.07, 6.45) is 11.1. The first-order valence-corrected chi connectivity index (χ1v) is 8.69. The summed E-state index contributed by atoms with van der Waals surface area (Å²) in [7, 11) is 0. The Morgan fingerprint density at radius 3 is 2.65 bits per heavy atom. The van der Waals surface area contributed by atoms with E-state index in [4.69, 9.17) is 0 Å². The van der Waals surface area contributed by atoms with Gasteiger partial charge in [0.25, 0.3) is 0 Å². The van der Waals surface area contributed by atoms with Crippen molar-refractivity contribution in [2.45, 2.75) is 76.8 Å². The summed E-state index contributed by atoms with van der Waals surface area (Å²) in [4.78, 5) is 14.3. The van der Waals surface area contributed by atoms with Crippen LogP contribution in [-0.2, 0) is 4.79 Å². The van der Waals surface area contributed by atoms with Gasteiger partial charge in [-0.25, -0.2) is 0 Å². The first kappa shape index (κ1) is 14.4. The van der Waals surface area contributed by atoms with E-state index in [-0.39, 0.29) is 5.92 Å². The van der Waals surface area contributed by atoms with E-state index in [9.17, 15) is 9.90 Å². The van der Waals surface area contributed by atoms with E-state index >= 15 is 0 Å². The Labute approximate surface area is 122 Å². The van der Waals surface area contributed by atoms with E-state index in [0.717, 1.165) is 37.6 Å². The predicted molar refractivity (Wildman–Crippen MR) is 79.6 cm³/mol. The fourth-order valence-corrected chi connectivity index (χ4v) is 5.11. The van der Waals surface area contributed by atoms with Gasteiger partial charge in [0.2, 0.25) is 0 Å². The molecule has 5 unspecified atom stereocenters. The van der Waals surface area contributed by atoms with E-state index in [1.165, 1.54) is 38.5 Å². The Bertz CT molecular complexity index is 357. The fraction of sp³-hybridized carbons (Fsp3) is 0.941. The molecular formula is C17H29NO2. The zero-order valence-electron chi connectivity index (χ0n) is 12.8.